The first kappa shape index (κ1) is 18.9. The van der Waals surface area contributed by atoms with Crippen molar-refractivity contribution in [3.8, 4) is 11.1 Å². The Hall–Kier alpha value is -1.83. The van der Waals surface area contributed by atoms with Gasteiger partial charge in [-0.25, -0.2) is 21.9 Å². The molecule has 0 saturated heterocycles. The molecule has 0 aromatic heterocycles. The van der Waals surface area contributed by atoms with Crippen LogP contribution in [0.15, 0.2) is 47.4 Å². The molecule has 2 N–H and O–H groups in total. The molecule has 7 heteroatoms. The van der Waals surface area contributed by atoms with E-state index in [1.807, 2.05) is 7.05 Å². The Bertz CT molecular complexity index is 862. The minimum atomic E-state index is -3.62. The van der Waals surface area contributed by atoms with E-state index in [1.54, 1.807) is 0 Å². The molecule has 4 nitrogen and oxygen atoms in total. The molecule has 1 fully saturated rings. The van der Waals surface area contributed by atoms with Gasteiger partial charge in [0, 0.05) is 23.7 Å². The van der Waals surface area contributed by atoms with Gasteiger partial charge in [-0.1, -0.05) is 12.1 Å². The fourth-order valence-corrected chi connectivity index (χ4v) is 4.63. The highest BCUT2D eigenvalue weighted by molar-refractivity contribution is 7.89. The van der Waals surface area contributed by atoms with Crippen molar-refractivity contribution in [3.63, 3.8) is 0 Å². The first-order chi connectivity index (χ1) is 12.4. The van der Waals surface area contributed by atoms with Crippen LogP contribution in [0.1, 0.15) is 25.7 Å². The Morgan fingerprint density at radius 2 is 1.54 bits per heavy atom. The third kappa shape index (κ3) is 4.28. The van der Waals surface area contributed by atoms with E-state index in [9.17, 15) is 17.2 Å². The molecule has 1 aliphatic carbocycles. The SMILES string of the molecule is CN[C@H]1CC[C@@H](NS(=O)(=O)c2ccc(-c3ccc(F)cc3F)cc2)CC1. The van der Waals surface area contributed by atoms with Crippen molar-refractivity contribution in [2.75, 3.05) is 7.05 Å². The molecule has 0 heterocycles. The van der Waals surface area contributed by atoms with E-state index in [0.29, 0.717) is 11.6 Å². The van der Waals surface area contributed by atoms with Gasteiger partial charge in [-0.05, 0) is 62.6 Å². The molecule has 3 rings (SSSR count). The van der Waals surface area contributed by atoms with E-state index < -0.39 is 21.7 Å². The lowest BCUT2D eigenvalue weighted by Crippen LogP contribution is -2.41. The molecule has 0 unspecified atom stereocenters. The summed E-state index contributed by atoms with van der Waals surface area (Å²) in [5.74, 6) is -1.33. The predicted octanol–water partition coefficient (Wildman–Crippen LogP) is 3.44. The van der Waals surface area contributed by atoms with Crippen LogP contribution in [0.2, 0.25) is 0 Å². The molecule has 1 saturated carbocycles. The van der Waals surface area contributed by atoms with Gasteiger partial charge in [0.05, 0.1) is 4.90 Å². The van der Waals surface area contributed by atoms with Crippen LogP contribution in [0.4, 0.5) is 8.78 Å². The van der Waals surface area contributed by atoms with Crippen LogP contribution in [0.3, 0.4) is 0 Å². The molecule has 2 aromatic carbocycles. The second-order valence-electron chi connectivity index (χ2n) is 6.61. The second-order valence-corrected chi connectivity index (χ2v) is 8.32. The number of nitrogens with one attached hydrogen (secondary N) is 2. The lowest BCUT2D eigenvalue weighted by atomic mass is 9.92. The van der Waals surface area contributed by atoms with E-state index in [-0.39, 0.29) is 16.5 Å². The number of sulfonamides is 1. The minimum absolute atomic E-state index is 0.0705. The van der Waals surface area contributed by atoms with Crippen LogP contribution >= 0.6 is 0 Å². The maximum absolute atomic E-state index is 13.9. The largest absolute Gasteiger partial charge is 0.317 e. The normalized spacial score (nSPS) is 20.9. The van der Waals surface area contributed by atoms with Gasteiger partial charge < -0.3 is 5.32 Å². The minimum Gasteiger partial charge on any atom is -0.317 e. The van der Waals surface area contributed by atoms with Crippen LogP contribution in [0.25, 0.3) is 11.1 Å². The summed E-state index contributed by atoms with van der Waals surface area (Å²) in [6.45, 7) is 0. The number of rotatable bonds is 5. The molecule has 0 atom stereocenters. The zero-order valence-corrected chi connectivity index (χ0v) is 15.3. The van der Waals surface area contributed by atoms with Gasteiger partial charge in [-0.3, -0.25) is 0 Å². The lowest BCUT2D eigenvalue weighted by Gasteiger charge is -2.28. The molecule has 26 heavy (non-hydrogen) atoms. The van der Waals surface area contributed by atoms with Crippen molar-refractivity contribution in [1.29, 1.82) is 0 Å². The Kier molecular flexibility index (Phi) is 5.70. The van der Waals surface area contributed by atoms with Crippen LogP contribution < -0.4 is 10.0 Å². The molecule has 1 aliphatic rings. The Morgan fingerprint density at radius 1 is 0.923 bits per heavy atom. The standard InChI is InChI=1S/C19H22F2N2O2S/c1-22-15-5-7-16(8-6-15)23-26(24,25)17-9-2-13(3-10-17)18-11-4-14(20)12-19(18)21/h2-4,9-12,15-16,22-23H,5-8H2,1H3/t15-,16+. The molecule has 0 amide bonds. The highest BCUT2D eigenvalue weighted by Crippen LogP contribution is 2.25. The van der Waals surface area contributed by atoms with Crippen molar-refractivity contribution in [3.05, 3.63) is 54.1 Å². The van der Waals surface area contributed by atoms with Crippen LogP contribution in [0, 0.1) is 11.6 Å². The number of halogens is 2. The summed E-state index contributed by atoms with van der Waals surface area (Å²) in [7, 11) is -1.71. The molecular formula is C19H22F2N2O2S. The summed E-state index contributed by atoms with van der Waals surface area (Å²) in [6, 6.07) is 9.65. The first-order valence-electron chi connectivity index (χ1n) is 8.64. The van der Waals surface area contributed by atoms with E-state index in [1.165, 1.54) is 36.4 Å². The van der Waals surface area contributed by atoms with Crippen molar-refractivity contribution >= 4 is 10.0 Å². The summed E-state index contributed by atoms with van der Waals surface area (Å²) in [5, 5.41) is 3.22. The number of hydrogen-bond donors (Lipinski definition) is 2. The molecule has 2 aromatic rings. The van der Waals surface area contributed by atoms with Crippen LogP contribution in [-0.4, -0.2) is 27.5 Å². The second kappa shape index (κ2) is 7.82. The van der Waals surface area contributed by atoms with E-state index in [2.05, 4.69) is 10.0 Å². The maximum Gasteiger partial charge on any atom is 0.240 e. The summed E-state index contributed by atoms with van der Waals surface area (Å²) >= 11 is 0. The third-order valence-corrected chi connectivity index (χ3v) is 6.40. The van der Waals surface area contributed by atoms with Crippen molar-refractivity contribution < 1.29 is 17.2 Å². The van der Waals surface area contributed by atoms with Gasteiger partial charge in [0.25, 0.3) is 0 Å². The van der Waals surface area contributed by atoms with Gasteiger partial charge in [0.15, 0.2) is 0 Å². The quantitative estimate of drug-likeness (QED) is 0.835. The fraction of sp³-hybridized carbons (Fsp3) is 0.368. The summed E-state index contributed by atoms with van der Waals surface area (Å²) in [6.07, 6.45) is 3.46. The molecule has 0 bridgehead atoms. The van der Waals surface area contributed by atoms with Gasteiger partial charge in [-0.2, -0.15) is 0 Å². The van der Waals surface area contributed by atoms with Gasteiger partial charge in [0.1, 0.15) is 11.6 Å². The summed E-state index contributed by atoms with van der Waals surface area (Å²) in [4.78, 5) is 0.138. The molecule has 0 spiro atoms. The predicted molar refractivity (Wildman–Crippen MR) is 97.2 cm³/mol. The first-order valence-corrected chi connectivity index (χ1v) is 10.1. The maximum atomic E-state index is 13.9. The molecule has 140 valence electrons. The average Bonchev–Trinajstić information content (AvgIpc) is 2.62. The highest BCUT2D eigenvalue weighted by Gasteiger charge is 2.25. The van der Waals surface area contributed by atoms with Crippen molar-refractivity contribution in [1.82, 2.24) is 10.0 Å². The van der Waals surface area contributed by atoms with E-state index in [0.717, 1.165) is 31.7 Å². The van der Waals surface area contributed by atoms with Crippen LogP contribution in [0.5, 0.6) is 0 Å². The molecule has 0 aliphatic heterocycles. The number of benzene rings is 2. The van der Waals surface area contributed by atoms with Gasteiger partial charge in [0.2, 0.25) is 10.0 Å². The van der Waals surface area contributed by atoms with Crippen molar-refractivity contribution in [2.24, 2.45) is 0 Å². The van der Waals surface area contributed by atoms with Crippen LogP contribution in [-0.2, 0) is 10.0 Å². The fourth-order valence-electron chi connectivity index (χ4n) is 3.32. The summed E-state index contributed by atoms with van der Waals surface area (Å²) < 4.78 is 54.8. The van der Waals surface area contributed by atoms with Gasteiger partial charge in [-0.15, -0.1) is 0 Å². The smallest absolute Gasteiger partial charge is 0.240 e. The summed E-state index contributed by atoms with van der Waals surface area (Å²) in [5.41, 5.74) is 0.727. The monoisotopic (exact) mass is 380 g/mol. The zero-order chi connectivity index (χ0) is 18.7. The average molecular weight is 380 g/mol. The topological polar surface area (TPSA) is 58.2 Å². The van der Waals surface area contributed by atoms with Gasteiger partial charge >= 0.3 is 0 Å². The van der Waals surface area contributed by atoms with E-state index in [4.69, 9.17) is 0 Å². The Balaban J connectivity index is 1.73. The zero-order valence-electron chi connectivity index (χ0n) is 14.5. The molecule has 0 radical (unpaired) electrons. The Morgan fingerprint density at radius 3 is 2.12 bits per heavy atom. The number of hydrogen-bond acceptors (Lipinski definition) is 3. The Labute approximate surface area is 152 Å². The highest BCUT2D eigenvalue weighted by atomic mass is 32.2. The lowest BCUT2D eigenvalue weighted by molar-refractivity contribution is 0.343. The third-order valence-electron chi connectivity index (χ3n) is 4.86. The van der Waals surface area contributed by atoms with Crippen molar-refractivity contribution in [2.45, 2.75) is 42.7 Å². The molecular weight excluding hydrogens is 358 g/mol. The van der Waals surface area contributed by atoms with E-state index >= 15 is 0 Å².